The molecule has 11 nitrogen and oxygen atoms in total. The lowest BCUT2D eigenvalue weighted by atomic mass is 9.54. The number of aliphatic hydroxyl groups is 2. The molecule has 2 saturated heterocycles. The Morgan fingerprint density at radius 3 is 2.46 bits per heavy atom. The molecule has 4 fully saturated rings. The maximum atomic E-state index is 14.9. The van der Waals surface area contributed by atoms with Crippen LogP contribution in [0.5, 0.6) is 11.5 Å². The van der Waals surface area contributed by atoms with E-state index in [2.05, 4.69) is 16.7 Å². The number of hydrogen-bond acceptors (Lipinski definition) is 10. The number of esters is 2. The molecule has 6 aliphatic rings. The van der Waals surface area contributed by atoms with Crippen molar-refractivity contribution in [3.63, 3.8) is 0 Å². The number of benzene rings is 1. The lowest BCUT2D eigenvalue weighted by Gasteiger charge is -2.54. The van der Waals surface area contributed by atoms with E-state index in [1.807, 2.05) is 0 Å². The van der Waals surface area contributed by atoms with Crippen molar-refractivity contribution < 1.29 is 43.9 Å². The van der Waals surface area contributed by atoms with Gasteiger partial charge in [-0.25, -0.2) is 4.79 Å². The summed E-state index contributed by atoms with van der Waals surface area (Å²) >= 11 is 0. The maximum absolute atomic E-state index is 14.9. The summed E-state index contributed by atoms with van der Waals surface area (Å²) in [6, 6.07) is 3.81. The second kappa shape index (κ2) is 16.3. The Morgan fingerprint density at radius 2 is 1.74 bits per heavy atom. The Morgan fingerprint density at radius 1 is 0.981 bits per heavy atom. The summed E-state index contributed by atoms with van der Waals surface area (Å²) in [4.78, 5) is 40.5. The molecule has 1 aromatic carbocycles. The predicted molar refractivity (Wildman–Crippen MR) is 202 cm³/mol. The summed E-state index contributed by atoms with van der Waals surface area (Å²) in [5.74, 6) is 0.0368. The zero-order valence-corrected chi connectivity index (χ0v) is 32.5. The van der Waals surface area contributed by atoms with Gasteiger partial charge in [-0.05, 0) is 126 Å². The van der Waals surface area contributed by atoms with Gasteiger partial charge < -0.3 is 40.2 Å². The molecule has 3 heterocycles. The van der Waals surface area contributed by atoms with Gasteiger partial charge in [0.2, 0.25) is 5.91 Å². The molecule has 300 valence electrons. The van der Waals surface area contributed by atoms with Crippen LogP contribution in [-0.4, -0.2) is 83.3 Å². The number of nitrogens with one attached hydrogen (secondary N) is 2. The number of hydrogen-bond donors (Lipinski definition) is 5. The number of carbonyl (C=O) groups excluding carboxylic acids is 3. The maximum Gasteiger partial charge on any atom is 0.332 e. The van der Waals surface area contributed by atoms with Crippen LogP contribution in [-0.2, 0) is 23.9 Å². The first-order valence-electron chi connectivity index (χ1n) is 21.2. The van der Waals surface area contributed by atoms with Crippen LogP contribution in [0, 0.1) is 22.7 Å². The van der Waals surface area contributed by atoms with Crippen LogP contribution in [0.25, 0.3) is 0 Å². The van der Waals surface area contributed by atoms with Crippen LogP contribution in [0.3, 0.4) is 0 Å². The molecule has 54 heavy (non-hydrogen) atoms. The van der Waals surface area contributed by atoms with E-state index in [9.17, 15) is 29.7 Å². The molecule has 0 aromatic heterocycles. The number of rotatable bonds is 13. The molecule has 1 aromatic rings. The molecule has 2 saturated carbocycles. The summed E-state index contributed by atoms with van der Waals surface area (Å²) in [5, 5.41) is 38.8. The quantitative estimate of drug-likeness (QED) is 0.153. The standard InChI is InChI=1S/C43H64N2O9/c1-27(47)8-7-10-30(53-28(2)48)24-36(54-40(51)43-19-4-3-9-29(43)11-16-37(50)45-43)42(20-22-44-23-21-42)33-14-12-32-34(41(26-46)17-5-6-18-41)25-52-39-35(49)15-13-31(33)38(32)39/h13,15,27,29-30,32-34,36,44,46-47,49H,3-12,14,16-26H2,1-2H3,(H,45,50)/t27-,29+,30+,32+,33+,34-,36+,43+/m0/s1. The summed E-state index contributed by atoms with van der Waals surface area (Å²) in [7, 11) is 0. The topological polar surface area (TPSA) is 164 Å². The van der Waals surface area contributed by atoms with Crippen molar-refractivity contribution >= 4 is 17.8 Å². The van der Waals surface area contributed by atoms with E-state index in [1.165, 1.54) is 6.92 Å². The van der Waals surface area contributed by atoms with Crippen molar-refractivity contribution in [3.05, 3.63) is 23.3 Å². The van der Waals surface area contributed by atoms with Gasteiger partial charge in [0.15, 0.2) is 11.5 Å². The molecular formula is C43H64N2O9. The lowest BCUT2D eigenvalue weighted by Crippen LogP contribution is -2.65. The first-order valence-corrected chi connectivity index (χ1v) is 21.2. The van der Waals surface area contributed by atoms with Crippen molar-refractivity contribution in [2.24, 2.45) is 22.7 Å². The minimum absolute atomic E-state index is 0.0134. The van der Waals surface area contributed by atoms with E-state index in [0.717, 1.165) is 94.8 Å². The van der Waals surface area contributed by atoms with Crippen molar-refractivity contribution in [1.29, 1.82) is 0 Å². The number of piperidine rings is 2. The molecule has 11 heteroatoms. The van der Waals surface area contributed by atoms with Gasteiger partial charge in [0.1, 0.15) is 17.7 Å². The second-order valence-corrected chi connectivity index (χ2v) is 17.9. The number of aliphatic hydroxyl groups excluding tert-OH is 2. The average Bonchev–Trinajstić information content (AvgIpc) is 3.66. The molecule has 7 rings (SSSR count). The Hall–Kier alpha value is -2.89. The van der Waals surface area contributed by atoms with Crippen molar-refractivity contribution in [3.8, 4) is 11.5 Å². The highest BCUT2D eigenvalue weighted by molar-refractivity contribution is 5.90. The number of amides is 1. The SMILES string of the molecule is CC(=O)O[C@H](CCC[C@H](C)O)C[C@@H](OC(=O)[C@@]12CCCC[C@@H]1CCC(=O)N2)C1([C@@H]2CC[C@H]3c4c2ccc(O)c4OC[C@@H]3C2(CO)CCCC2)CCNCC1. The minimum atomic E-state index is -1.07. The molecule has 1 amide bonds. The van der Waals surface area contributed by atoms with Gasteiger partial charge in [0.05, 0.1) is 12.7 Å². The van der Waals surface area contributed by atoms with Gasteiger partial charge in [0, 0.05) is 48.7 Å². The first-order chi connectivity index (χ1) is 26.0. The number of carbonyl (C=O) groups is 3. The summed E-state index contributed by atoms with van der Waals surface area (Å²) < 4.78 is 19.5. The Labute approximate surface area is 320 Å². The third kappa shape index (κ3) is 7.38. The Balaban J connectivity index is 1.30. The molecule has 0 spiro atoms. The zero-order chi connectivity index (χ0) is 38.1. The van der Waals surface area contributed by atoms with Gasteiger partial charge in [-0.15, -0.1) is 0 Å². The molecule has 3 aliphatic carbocycles. The minimum Gasteiger partial charge on any atom is -0.504 e. The highest BCUT2D eigenvalue weighted by Gasteiger charge is 2.58. The Bertz CT molecular complexity index is 1520. The lowest BCUT2D eigenvalue weighted by molar-refractivity contribution is -0.180. The molecular weight excluding hydrogens is 688 g/mol. The normalized spacial score (nSPS) is 31.4. The fourth-order valence-corrected chi connectivity index (χ4v) is 12.2. The van der Waals surface area contributed by atoms with Crippen LogP contribution < -0.4 is 15.4 Å². The summed E-state index contributed by atoms with van der Waals surface area (Å²) in [6.45, 7) is 5.23. The van der Waals surface area contributed by atoms with Crippen LogP contribution >= 0.6 is 0 Å². The van der Waals surface area contributed by atoms with Gasteiger partial charge in [-0.1, -0.05) is 31.7 Å². The van der Waals surface area contributed by atoms with E-state index in [0.29, 0.717) is 57.3 Å². The van der Waals surface area contributed by atoms with Gasteiger partial charge in [-0.3, -0.25) is 9.59 Å². The number of phenolic OH excluding ortho intramolecular Hbond substituents is 1. The van der Waals surface area contributed by atoms with Gasteiger partial charge >= 0.3 is 11.9 Å². The van der Waals surface area contributed by atoms with Crippen LogP contribution in [0.1, 0.15) is 152 Å². The van der Waals surface area contributed by atoms with Crippen LogP contribution in [0.15, 0.2) is 12.1 Å². The smallest absolute Gasteiger partial charge is 0.332 e. The molecule has 5 N–H and O–H groups in total. The van der Waals surface area contributed by atoms with Crippen molar-refractivity contribution in [1.82, 2.24) is 10.6 Å². The van der Waals surface area contributed by atoms with Gasteiger partial charge in [-0.2, -0.15) is 0 Å². The third-order valence-corrected chi connectivity index (χ3v) is 14.9. The highest BCUT2D eigenvalue weighted by atomic mass is 16.6. The van der Waals surface area contributed by atoms with Gasteiger partial charge in [0.25, 0.3) is 0 Å². The van der Waals surface area contributed by atoms with E-state index in [-0.39, 0.29) is 53.3 Å². The number of phenols is 1. The van der Waals surface area contributed by atoms with Crippen LogP contribution in [0.2, 0.25) is 0 Å². The monoisotopic (exact) mass is 752 g/mol. The van der Waals surface area contributed by atoms with E-state index in [1.54, 1.807) is 13.0 Å². The number of ether oxygens (including phenoxy) is 3. The van der Waals surface area contributed by atoms with Crippen molar-refractivity contribution in [2.75, 3.05) is 26.3 Å². The summed E-state index contributed by atoms with van der Waals surface area (Å²) in [6.07, 6.45) is 12.0. The number of fused-ring (bicyclic) bond motifs is 1. The third-order valence-electron chi connectivity index (χ3n) is 14.9. The first kappa shape index (κ1) is 39.3. The fourth-order valence-electron chi connectivity index (χ4n) is 12.2. The largest absolute Gasteiger partial charge is 0.504 e. The second-order valence-electron chi connectivity index (χ2n) is 17.9. The van der Waals surface area contributed by atoms with E-state index >= 15 is 0 Å². The molecule has 0 bridgehead atoms. The molecule has 8 atom stereocenters. The fraction of sp³-hybridized carbons (Fsp3) is 0.791. The molecule has 0 unspecified atom stereocenters. The number of aromatic hydroxyl groups is 1. The average molecular weight is 753 g/mol. The highest BCUT2D eigenvalue weighted by Crippen LogP contribution is 2.63. The predicted octanol–water partition coefficient (Wildman–Crippen LogP) is 5.91. The zero-order valence-electron chi connectivity index (χ0n) is 32.5. The van der Waals surface area contributed by atoms with Crippen molar-refractivity contribution in [2.45, 2.75) is 165 Å². The molecule has 3 aliphatic heterocycles. The molecule has 0 radical (unpaired) electrons. The van der Waals surface area contributed by atoms with Crippen LogP contribution in [0.4, 0.5) is 0 Å². The van der Waals surface area contributed by atoms with E-state index < -0.39 is 35.2 Å². The Kier molecular flexibility index (Phi) is 11.9. The van der Waals surface area contributed by atoms with E-state index in [4.69, 9.17) is 14.2 Å². The summed E-state index contributed by atoms with van der Waals surface area (Å²) in [5.41, 5.74) is 0.346.